The summed E-state index contributed by atoms with van der Waals surface area (Å²) in [6.07, 6.45) is 0.876. The minimum absolute atomic E-state index is 0.318. The van der Waals surface area contributed by atoms with Crippen molar-refractivity contribution in [3.05, 3.63) is 35.2 Å². The zero-order chi connectivity index (χ0) is 14.7. The lowest BCUT2D eigenvalue weighted by Crippen LogP contribution is -1.99. The first kappa shape index (κ1) is 14.1. The number of fused-ring (bicyclic) bond motifs is 1. The van der Waals surface area contributed by atoms with Crippen molar-refractivity contribution >= 4 is 11.6 Å². The summed E-state index contributed by atoms with van der Waals surface area (Å²) >= 11 is 6.04. The van der Waals surface area contributed by atoms with Gasteiger partial charge in [0.1, 0.15) is 11.8 Å². The summed E-state index contributed by atoms with van der Waals surface area (Å²) in [5.41, 5.74) is 1.64. The van der Waals surface area contributed by atoms with Gasteiger partial charge in [-0.05, 0) is 18.2 Å². The summed E-state index contributed by atoms with van der Waals surface area (Å²) < 4.78 is 16.4. The van der Waals surface area contributed by atoms with E-state index in [0.717, 1.165) is 29.2 Å². The average Bonchev–Trinajstić information content (AvgIpc) is 2.71. The fraction of sp³-hybridized carbons (Fsp3) is 0.333. The molecule has 2 aromatic rings. The van der Waals surface area contributed by atoms with E-state index in [-0.39, 0.29) is 0 Å². The maximum atomic E-state index is 6.04. The van der Waals surface area contributed by atoms with E-state index in [4.69, 9.17) is 25.8 Å². The molecule has 0 fully saturated rings. The number of ether oxygens (including phenoxy) is 3. The molecule has 5 nitrogen and oxygen atoms in total. The first-order valence-electron chi connectivity index (χ1n) is 6.68. The zero-order valence-corrected chi connectivity index (χ0v) is 12.4. The topological polar surface area (TPSA) is 53.5 Å². The van der Waals surface area contributed by atoms with Gasteiger partial charge >= 0.3 is 0 Å². The van der Waals surface area contributed by atoms with Gasteiger partial charge in [0, 0.05) is 25.2 Å². The van der Waals surface area contributed by atoms with Crippen molar-refractivity contribution in [1.82, 2.24) is 9.97 Å². The molecule has 0 amide bonds. The molecular formula is C15H15ClN2O3. The maximum Gasteiger partial charge on any atom is 0.161 e. The number of methoxy groups -OCH3 is 1. The summed E-state index contributed by atoms with van der Waals surface area (Å²) in [5.74, 6) is 2.04. The minimum Gasteiger partial charge on any atom is -0.490 e. The van der Waals surface area contributed by atoms with E-state index in [1.807, 2.05) is 18.2 Å². The van der Waals surface area contributed by atoms with Crippen LogP contribution in [0, 0.1) is 0 Å². The Kier molecular flexibility index (Phi) is 4.22. The molecule has 0 saturated heterocycles. The highest BCUT2D eigenvalue weighted by Gasteiger charge is 2.13. The molecule has 3 rings (SSSR count). The van der Waals surface area contributed by atoms with E-state index in [0.29, 0.717) is 30.8 Å². The van der Waals surface area contributed by atoms with Crippen LogP contribution < -0.4 is 9.47 Å². The molecule has 110 valence electrons. The van der Waals surface area contributed by atoms with Gasteiger partial charge in [-0.15, -0.1) is 0 Å². The number of hydrogen-bond acceptors (Lipinski definition) is 5. The summed E-state index contributed by atoms with van der Waals surface area (Å²) in [7, 11) is 1.59. The van der Waals surface area contributed by atoms with Crippen molar-refractivity contribution in [2.45, 2.75) is 13.0 Å². The second kappa shape index (κ2) is 6.28. The molecular weight excluding hydrogens is 292 g/mol. The van der Waals surface area contributed by atoms with Crippen molar-refractivity contribution in [3.63, 3.8) is 0 Å². The largest absolute Gasteiger partial charge is 0.490 e. The molecule has 1 aliphatic rings. The molecule has 0 bridgehead atoms. The second-order valence-electron chi connectivity index (χ2n) is 4.64. The van der Waals surface area contributed by atoms with E-state index in [1.54, 1.807) is 13.2 Å². The highest BCUT2D eigenvalue weighted by Crippen LogP contribution is 2.34. The third-order valence-electron chi connectivity index (χ3n) is 3.06. The Balaban J connectivity index is 1.98. The van der Waals surface area contributed by atoms with Crippen LogP contribution >= 0.6 is 11.6 Å². The van der Waals surface area contributed by atoms with Crippen LogP contribution in [-0.2, 0) is 11.3 Å². The first-order chi connectivity index (χ1) is 10.3. The van der Waals surface area contributed by atoms with Crippen LogP contribution in [0.3, 0.4) is 0 Å². The van der Waals surface area contributed by atoms with Crippen molar-refractivity contribution in [3.8, 4) is 22.8 Å². The Hall–Kier alpha value is -1.85. The molecule has 1 aromatic heterocycles. The highest BCUT2D eigenvalue weighted by molar-refractivity contribution is 6.29. The van der Waals surface area contributed by atoms with Crippen LogP contribution in [0.2, 0.25) is 5.15 Å². The van der Waals surface area contributed by atoms with E-state index in [1.165, 1.54) is 0 Å². The molecule has 0 spiro atoms. The van der Waals surface area contributed by atoms with Crippen molar-refractivity contribution in [1.29, 1.82) is 0 Å². The highest BCUT2D eigenvalue weighted by atomic mass is 35.5. The number of halogens is 1. The average molecular weight is 307 g/mol. The van der Waals surface area contributed by atoms with Gasteiger partial charge in [0.15, 0.2) is 17.3 Å². The molecule has 0 saturated carbocycles. The molecule has 0 N–H and O–H groups in total. The van der Waals surface area contributed by atoms with Crippen LogP contribution in [0.15, 0.2) is 24.3 Å². The predicted octanol–water partition coefficient (Wildman–Crippen LogP) is 3.10. The molecule has 0 radical (unpaired) electrons. The molecule has 1 aromatic carbocycles. The van der Waals surface area contributed by atoms with E-state index >= 15 is 0 Å². The zero-order valence-electron chi connectivity index (χ0n) is 11.6. The van der Waals surface area contributed by atoms with E-state index in [2.05, 4.69) is 9.97 Å². The summed E-state index contributed by atoms with van der Waals surface area (Å²) in [6, 6.07) is 7.46. The smallest absolute Gasteiger partial charge is 0.161 e. The number of hydrogen-bond donors (Lipinski definition) is 0. The maximum absolute atomic E-state index is 6.04. The van der Waals surface area contributed by atoms with Gasteiger partial charge in [0.05, 0.1) is 18.9 Å². The SMILES string of the molecule is COCc1nc(Cl)cc(-c2ccc3c(c2)OCCCO3)n1. The molecule has 0 aliphatic carbocycles. The molecule has 21 heavy (non-hydrogen) atoms. The third-order valence-corrected chi connectivity index (χ3v) is 3.25. The summed E-state index contributed by atoms with van der Waals surface area (Å²) in [6.45, 7) is 1.64. The number of benzene rings is 1. The molecule has 0 atom stereocenters. The van der Waals surface area contributed by atoms with Gasteiger partial charge in [-0.2, -0.15) is 0 Å². The van der Waals surface area contributed by atoms with Crippen LogP contribution in [0.5, 0.6) is 11.5 Å². The van der Waals surface area contributed by atoms with Crippen molar-refractivity contribution in [2.24, 2.45) is 0 Å². The number of rotatable bonds is 3. The molecule has 2 heterocycles. The van der Waals surface area contributed by atoms with Crippen molar-refractivity contribution < 1.29 is 14.2 Å². The van der Waals surface area contributed by atoms with Gasteiger partial charge in [0.25, 0.3) is 0 Å². The van der Waals surface area contributed by atoms with Crippen LogP contribution in [-0.4, -0.2) is 30.3 Å². The van der Waals surface area contributed by atoms with Crippen LogP contribution in [0.1, 0.15) is 12.2 Å². The van der Waals surface area contributed by atoms with E-state index < -0.39 is 0 Å². The molecule has 1 aliphatic heterocycles. The van der Waals surface area contributed by atoms with Gasteiger partial charge < -0.3 is 14.2 Å². The number of aromatic nitrogens is 2. The standard InChI is InChI=1S/C15H15ClN2O3/c1-19-9-15-17-11(8-14(16)18-15)10-3-4-12-13(7-10)21-6-2-5-20-12/h3-4,7-8H,2,5-6,9H2,1H3. The Morgan fingerprint density at radius 2 is 1.95 bits per heavy atom. The fourth-order valence-corrected chi connectivity index (χ4v) is 2.33. The Bertz CT molecular complexity index is 649. The molecule has 6 heteroatoms. The number of nitrogens with zero attached hydrogens (tertiary/aromatic N) is 2. The molecule has 0 unspecified atom stereocenters. The minimum atomic E-state index is 0.318. The van der Waals surface area contributed by atoms with Crippen LogP contribution in [0.4, 0.5) is 0 Å². The van der Waals surface area contributed by atoms with Gasteiger partial charge in [0.2, 0.25) is 0 Å². The summed E-state index contributed by atoms with van der Waals surface area (Å²) in [4.78, 5) is 8.57. The monoisotopic (exact) mass is 306 g/mol. The second-order valence-corrected chi connectivity index (χ2v) is 5.02. The predicted molar refractivity (Wildman–Crippen MR) is 78.8 cm³/mol. The van der Waals surface area contributed by atoms with Gasteiger partial charge in [-0.3, -0.25) is 0 Å². The van der Waals surface area contributed by atoms with Crippen molar-refractivity contribution in [2.75, 3.05) is 20.3 Å². The Morgan fingerprint density at radius 3 is 2.76 bits per heavy atom. The fourth-order valence-electron chi connectivity index (χ4n) is 2.13. The quantitative estimate of drug-likeness (QED) is 0.816. The van der Waals surface area contributed by atoms with E-state index in [9.17, 15) is 0 Å². The normalized spacial score (nSPS) is 13.8. The first-order valence-corrected chi connectivity index (χ1v) is 7.06. The summed E-state index contributed by atoms with van der Waals surface area (Å²) in [5, 5.41) is 0.388. The lowest BCUT2D eigenvalue weighted by molar-refractivity contribution is 0.178. The third kappa shape index (κ3) is 3.25. The van der Waals surface area contributed by atoms with Gasteiger partial charge in [-0.25, -0.2) is 9.97 Å². The Labute approximate surface area is 127 Å². The van der Waals surface area contributed by atoms with Crippen LogP contribution in [0.25, 0.3) is 11.3 Å². The Morgan fingerprint density at radius 1 is 1.14 bits per heavy atom. The lowest BCUT2D eigenvalue weighted by Gasteiger charge is -2.10. The van der Waals surface area contributed by atoms with Gasteiger partial charge in [-0.1, -0.05) is 11.6 Å². The lowest BCUT2D eigenvalue weighted by atomic mass is 10.1.